The van der Waals surface area contributed by atoms with Gasteiger partial charge in [-0.3, -0.25) is 9.69 Å². The highest BCUT2D eigenvalue weighted by atomic mass is 79.9. The third-order valence-corrected chi connectivity index (χ3v) is 4.85. The van der Waals surface area contributed by atoms with Crippen LogP contribution in [0.2, 0.25) is 0 Å². The number of fused-ring (bicyclic) bond motifs is 2. The van der Waals surface area contributed by atoms with Gasteiger partial charge in [-0.25, -0.2) is 8.78 Å². The van der Waals surface area contributed by atoms with Crippen LogP contribution in [0.3, 0.4) is 0 Å². The molecule has 1 amide bonds. The van der Waals surface area contributed by atoms with Gasteiger partial charge < -0.3 is 0 Å². The molecule has 1 saturated carbocycles. The number of benzene rings is 2. The van der Waals surface area contributed by atoms with E-state index >= 15 is 0 Å². The molecule has 0 atom stereocenters. The number of hydrogen-bond donors (Lipinski definition) is 0. The van der Waals surface area contributed by atoms with Crippen LogP contribution in [0.5, 0.6) is 0 Å². The molecule has 0 radical (unpaired) electrons. The molecule has 2 aromatic rings. The normalized spacial score (nSPS) is 18.2. The SMILES string of the molecule is O=C1N(c2ccc(F)cc2)c2cc(F)c(Br)cc2C12CC2. The average Bonchev–Trinajstić information content (AvgIpc) is 3.22. The maximum Gasteiger partial charge on any atom is 0.242 e. The van der Waals surface area contributed by atoms with Crippen LogP contribution in [0.25, 0.3) is 0 Å². The van der Waals surface area contributed by atoms with Crippen molar-refractivity contribution in [2.24, 2.45) is 0 Å². The van der Waals surface area contributed by atoms with Crippen molar-refractivity contribution in [2.75, 3.05) is 4.90 Å². The molecule has 1 fully saturated rings. The van der Waals surface area contributed by atoms with Crippen LogP contribution < -0.4 is 4.90 Å². The Balaban J connectivity index is 1.92. The summed E-state index contributed by atoms with van der Waals surface area (Å²) in [5.74, 6) is -0.832. The first kappa shape index (κ1) is 13.0. The van der Waals surface area contributed by atoms with E-state index in [1.807, 2.05) is 0 Å². The minimum Gasteiger partial charge on any atom is -0.280 e. The van der Waals surface area contributed by atoms with E-state index in [1.165, 1.54) is 23.1 Å². The fraction of sp³-hybridized carbons (Fsp3) is 0.188. The van der Waals surface area contributed by atoms with Crippen LogP contribution in [0, 0.1) is 11.6 Å². The molecule has 1 heterocycles. The molecule has 0 aromatic heterocycles. The van der Waals surface area contributed by atoms with Crippen molar-refractivity contribution < 1.29 is 13.6 Å². The van der Waals surface area contributed by atoms with Gasteiger partial charge in [-0.15, -0.1) is 0 Å². The van der Waals surface area contributed by atoms with Gasteiger partial charge >= 0.3 is 0 Å². The molecule has 1 aliphatic carbocycles. The van der Waals surface area contributed by atoms with E-state index in [9.17, 15) is 13.6 Å². The van der Waals surface area contributed by atoms with Gasteiger partial charge in [-0.05, 0) is 70.7 Å². The Kier molecular flexibility index (Phi) is 2.55. The predicted octanol–water partition coefficient (Wildman–Crippen LogP) is 4.44. The predicted molar refractivity (Wildman–Crippen MR) is 78.6 cm³/mol. The van der Waals surface area contributed by atoms with E-state index in [2.05, 4.69) is 15.9 Å². The standard InChI is InChI=1S/C16H10BrF2NO/c17-12-7-11-14(8-13(12)19)20(15(21)16(11)5-6-16)10-3-1-9(18)2-4-10/h1-4,7-8H,5-6H2. The van der Waals surface area contributed by atoms with Crippen LogP contribution in [-0.2, 0) is 10.2 Å². The topological polar surface area (TPSA) is 20.3 Å². The Bertz CT molecular complexity index is 769. The molecule has 2 aliphatic rings. The zero-order valence-electron chi connectivity index (χ0n) is 10.9. The maximum atomic E-state index is 13.9. The van der Waals surface area contributed by atoms with Crippen LogP contribution in [0.15, 0.2) is 40.9 Å². The Morgan fingerprint density at radius 3 is 2.38 bits per heavy atom. The summed E-state index contributed by atoms with van der Waals surface area (Å²) < 4.78 is 27.3. The first-order valence-electron chi connectivity index (χ1n) is 6.63. The Morgan fingerprint density at radius 2 is 1.76 bits per heavy atom. The van der Waals surface area contributed by atoms with Crippen LogP contribution in [0.1, 0.15) is 18.4 Å². The molecule has 4 rings (SSSR count). The van der Waals surface area contributed by atoms with Gasteiger partial charge in [0.2, 0.25) is 5.91 Å². The number of carbonyl (C=O) groups is 1. The summed E-state index contributed by atoms with van der Waals surface area (Å²) in [6.07, 6.45) is 1.54. The van der Waals surface area contributed by atoms with Gasteiger partial charge in [0.15, 0.2) is 0 Å². The monoisotopic (exact) mass is 349 g/mol. The molecule has 1 spiro atoms. The summed E-state index contributed by atoms with van der Waals surface area (Å²) in [6.45, 7) is 0. The van der Waals surface area contributed by atoms with Crippen molar-refractivity contribution >= 4 is 33.2 Å². The van der Waals surface area contributed by atoms with E-state index in [1.54, 1.807) is 18.2 Å². The number of hydrogen-bond acceptors (Lipinski definition) is 1. The van der Waals surface area contributed by atoms with E-state index in [-0.39, 0.29) is 11.7 Å². The molecule has 106 valence electrons. The summed E-state index contributed by atoms with van der Waals surface area (Å²) in [4.78, 5) is 14.2. The van der Waals surface area contributed by atoms with Gasteiger partial charge in [0, 0.05) is 5.69 Å². The lowest BCUT2D eigenvalue weighted by Gasteiger charge is -2.18. The molecular formula is C16H10BrF2NO. The third-order valence-electron chi connectivity index (χ3n) is 4.24. The lowest BCUT2D eigenvalue weighted by atomic mass is 9.98. The lowest BCUT2D eigenvalue weighted by molar-refractivity contribution is -0.119. The van der Waals surface area contributed by atoms with E-state index in [0.29, 0.717) is 15.8 Å². The van der Waals surface area contributed by atoms with Crippen LogP contribution in [0.4, 0.5) is 20.2 Å². The highest BCUT2D eigenvalue weighted by Crippen LogP contribution is 2.59. The van der Waals surface area contributed by atoms with Gasteiger partial charge in [0.05, 0.1) is 15.6 Å². The summed E-state index contributed by atoms with van der Waals surface area (Å²) >= 11 is 3.18. The molecule has 0 saturated heterocycles. The van der Waals surface area contributed by atoms with Crippen molar-refractivity contribution in [3.8, 4) is 0 Å². The minimum absolute atomic E-state index is 0.0541. The van der Waals surface area contributed by atoms with Gasteiger partial charge in [0.1, 0.15) is 11.6 Å². The average molecular weight is 350 g/mol. The lowest BCUT2D eigenvalue weighted by Crippen LogP contribution is -2.27. The summed E-state index contributed by atoms with van der Waals surface area (Å²) in [7, 11) is 0. The first-order chi connectivity index (χ1) is 10.0. The highest BCUT2D eigenvalue weighted by Gasteiger charge is 2.59. The second kappa shape index (κ2) is 4.13. The Hall–Kier alpha value is -1.75. The molecule has 0 unspecified atom stereocenters. The van der Waals surface area contributed by atoms with Crippen LogP contribution in [-0.4, -0.2) is 5.91 Å². The quantitative estimate of drug-likeness (QED) is 0.745. The van der Waals surface area contributed by atoms with E-state index < -0.39 is 11.2 Å². The maximum absolute atomic E-state index is 13.9. The van der Waals surface area contributed by atoms with E-state index in [0.717, 1.165) is 18.4 Å². The molecule has 21 heavy (non-hydrogen) atoms. The van der Waals surface area contributed by atoms with Crippen molar-refractivity contribution in [1.82, 2.24) is 0 Å². The second-order valence-electron chi connectivity index (χ2n) is 5.48. The number of carbonyl (C=O) groups excluding carboxylic acids is 1. The van der Waals surface area contributed by atoms with Crippen molar-refractivity contribution in [1.29, 1.82) is 0 Å². The zero-order valence-corrected chi connectivity index (χ0v) is 12.5. The van der Waals surface area contributed by atoms with Gasteiger partial charge in [-0.2, -0.15) is 0 Å². The van der Waals surface area contributed by atoms with Crippen molar-refractivity contribution in [3.05, 3.63) is 58.1 Å². The summed E-state index contributed by atoms with van der Waals surface area (Å²) in [5, 5.41) is 0. The Labute approximate surface area is 128 Å². The van der Waals surface area contributed by atoms with Gasteiger partial charge in [0.25, 0.3) is 0 Å². The van der Waals surface area contributed by atoms with Crippen molar-refractivity contribution in [2.45, 2.75) is 18.3 Å². The number of anilines is 2. The molecule has 2 nitrogen and oxygen atoms in total. The third kappa shape index (κ3) is 1.70. The van der Waals surface area contributed by atoms with Gasteiger partial charge in [-0.1, -0.05) is 0 Å². The number of amides is 1. The zero-order chi connectivity index (χ0) is 14.8. The highest BCUT2D eigenvalue weighted by molar-refractivity contribution is 9.10. The molecular weight excluding hydrogens is 340 g/mol. The fourth-order valence-corrected chi connectivity index (χ4v) is 3.34. The summed E-state index contributed by atoms with van der Waals surface area (Å²) in [6, 6.07) is 8.74. The fourth-order valence-electron chi connectivity index (χ4n) is 3.00. The number of rotatable bonds is 1. The molecule has 5 heteroatoms. The molecule has 1 aliphatic heterocycles. The van der Waals surface area contributed by atoms with Crippen LogP contribution >= 0.6 is 15.9 Å². The first-order valence-corrected chi connectivity index (χ1v) is 7.42. The van der Waals surface area contributed by atoms with Crippen molar-refractivity contribution in [3.63, 3.8) is 0 Å². The molecule has 0 bridgehead atoms. The number of nitrogens with zero attached hydrogens (tertiary/aromatic N) is 1. The largest absolute Gasteiger partial charge is 0.280 e. The smallest absolute Gasteiger partial charge is 0.242 e. The number of halogens is 3. The minimum atomic E-state index is -0.514. The summed E-state index contributed by atoms with van der Waals surface area (Å²) in [5.41, 5.74) is 1.46. The van der Waals surface area contributed by atoms with E-state index in [4.69, 9.17) is 0 Å². The molecule has 0 N–H and O–H groups in total. The molecule has 2 aromatic carbocycles. The second-order valence-corrected chi connectivity index (χ2v) is 6.34. The Morgan fingerprint density at radius 1 is 1.10 bits per heavy atom.